The summed E-state index contributed by atoms with van der Waals surface area (Å²) in [6.45, 7) is 8.98. The molecular weight excluding hydrogens is 382 g/mol. The number of rotatable bonds is 7. The Kier molecular flexibility index (Phi) is 6.94. The van der Waals surface area contributed by atoms with Gasteiger partial charge in [0.1, 0.15) is 5.69 Å². The maximum atomic E-state index is 6.10. The van der Waals surface area contributed by atoms with E-state index in [0.717, 1.165) is 23.4 Å². The maximum absolute atomic E-state index is 6.10. The zero-order valence-electron chi connectivity index (χ0n) is 17.3. The van der Waals surface area contributed by atoms with Crippen molar-refractivity contribution in [3.8, 4) is 11.4 Å². The van der Waals surface area contributed by atoms with Crippen molar-refractivity contribution in [2.45, 2.75) is 40.7 Å². The van der Waals surface area contributed by atoms with Crippen molar-refractivity contribution < 1.29 is 0 Å². The first-order valence-electron chi connectivity index (χ1n) is 9.79. The molecule has 1 N–H and O–H groups in total. The van der Waals surface area contributed by atoms with Crippen LogP contribution in [0, 0.1) is 19.8 Å². The Morgan fingerprint density at radius 1 is 1.17 bits per heavy atom. The molecule has 0 radical (unpaired) electrons. The van der Waals surface area contributed by atoms with E-state index < -0.39 is 0 Å². The smallest absolute Gasteiger partial charge is 0.163 e. The van der Waals surface area contributed by atoms with E-state index >= 15 is 0 Å². The predicted octanol–water partition coefficient (Wildman–Crippen LogP) is 6.17. The van der Waals surface area contributed by atoms with E-state index in [1.165, 1.54) is 11.1 Å². The zero-order valence-corrected chi connectivity index (χ0v) is 18.0. The number of hydrogen-bond acceptors (Lipinski definition) is 5. The monoisotopic (exact) mass is 407 g/mol. The van der Waals surface area contributed by atoms with E-state index in [2.05, 4.69) is 60.3 Å². The van der Waals surface area contributed by atoms with Crippen molar-refractivity contribution in [3.05, 3.63) is 64.6 Å². The molecule has 1 aromatic carbocycles. The van der Waals surface area contributed by atoms with E-state index in [-0.39, 0.29) is 0 Å². The molecule has 0 aliphatic carbocycles. The molecule has 29 heavy (non-hydrogen) atoms. The number of anilines is 1. The van der Waals surface area contributed by atoms with Crippen molar-refractivity contribution in [1.29, 1.82) is 0 Å². The summed E-state index contributed by atoms with van der Waals surface area (Å²) in [5.41, 5.74) is 4.75. The van der Waals surface area contributed by atoms with E-state index in [4.69, 9.17) is 21.6 Å². The molecule has 0 fully saturated rings. The van der Waals surface area contributed by atoms with Crippen LogP contribution >= 0.6 is 11.6 Å². The molecule has 2 heterocycles. The number of aromatic nitrogens is 3. The number of hydrogen-bond donors (Lipinski definition) is 1. The van der Waals surface area contributed by atoms with Crippen LogP contribution in [0.15, 0.2) is 47.7 Å². The Hall–Kier alpha value is -2.79. The van der Waals surface area contributed by atoms with Crippen LogP contribution in [0.5, 0.6) is 0 Å². The molecule has 5 nitrogen and oxygen atoms in total. The lowest BCUT2D eigenvalue weighted by Crippen LogP contribution is -2.06. The molecule has 0 aliphatic heterocycles. The van der Waals surface area contributed by atoms with Crippen LogP contribution in [0.1, 0.15) is 37.1 Å². The summed E-state index contributed by atoms with van der Waals surface area (Å²) in [5, 5.41) is 4.00. The molecule has 0 aliphatic rings. The lowest BCUT2D eigenvalue weighted by atomic mass is 10.1. The second-order valence-electron chi connectivity index (χ2n) is 7.23. The highest BCUT2D eigenvalue weighted by Gasteiger charge is 2.13. The number of pyridine rings is 1. The van der Waals surface area contributed by atoms with Crippen LogP contribution in [-0.2, 0) is 6.54 Å². The summed E-state index contributed by atoms with van der Waals surface area (Å²) in [6.07, 6.45) is 6.30. The number of aliphatic imine (C=N–C) groups is 1. The molecule has 0 spiro atoms. The Balaban J connectivity index is 1.99. The van der Waals surface area contributed by atoms with Gasteiger partial charge in [0, 0.05) is 30.7 Å². The molecule has 0 amide bonds. The van der Waals surface area contributed by atoms with Gasteiger partial charge in [-0.2, -0.15) is 0 Å². The van der Waals surface area contributed by atoms with E-state index in [0.29, 0.717) is 29.1 Å². The summed E-state index contributed by atoms with van der Waals surface area (Å²) in [4.78, 5) is 18.3. The third kappa shape index (κ3) is 5.61. The molecule has 3 aromatic rings. The first-order chi connectivity index (χ1) is 14.0. The zero-order chi connectivity index (χ0) is 20.8. The number of benzene rings is 1. The molecule has 2 aromatic heterocycles. The molecule has 1 unspecified atom stereocenters. The molecule has 0 saturated heterocycles. The molecular formula is C23H26ClN5. The molecule has 6 heteroatoms. The van der Waals surface area contributed by atoms with Gasteiger partial charge < -0.3 is 5.32 Å². The molecule has 0 bridgehead atoms. The second kappa shape index (κ2) is 9.61. The Bertz CT molecular complexity index is 1020. The number of nitrogens with one attached hydrogen (secondary N) is 1. The lowest BCUT2D eigenvalue weighted by Gasteiger charge is -2.13. The van der Waals surface area contributed by atoms with Crippen LogP contribution in [0.25, 0.3) is 11.4 Å². The van der Waals surface area contributed by atoms with E-state index in [1.54, 1.807) is 12.4 Å². The highest BCUT2D eigenvalue weighted by Crippen LogP contribution is 2.30. The highest BCUT2D eigenvalue weighted by atomic mass is 35.5. The highest BCUT2D eigenvalue weighted by molar-refractivity contribution is 6.30. The van der Waals surface area contributed by atoms with Gasteiger partial charge in [-0.05, 0) is 37.8 Å². The van der Waals surface area contributed by atoms with Gasteiger partial charge in [-0.25, -0.2) is 9.97 Å². The minimum absolute atomic E-state index is 0.385. The van der Waals surface area contributed by atoms with Gasteiger partial charge in [-0.3, -0.25) is 9.98 Å². The quantitative estimate of drug-likeness (QED) is 0.475. The summed E-state index contributed by atoms with van der Waals surface area (Å²) in [7, 11) is 0. The lowest BCUT2D eigenvalue weighted by molar-refractivity contribution is 0.754. The largest absolute Gasteiger partial charge is 0.364 e. The van der Waals surface area contributed by atoms with Crippen molar-refractivity contribution in [1.82, 2.24) is 15.0 Å². The molecule has 150 valence electrons. The fraction of sp³-hybridized carbons (Fsp3) is 0.304. The minimum Gasteiger partial charge on any atom is -0.364 e. The van der Waals surface area contributed by atoms with Gasteiger partial charge in [-0.1, -0.05) is 55.3 Å². The Labute approximate surface area is 177 Å². The summed E-state index contributed by atoms with van der Waals surface area (Å²) in [6, 6.07) is 10.2. The number of aryl methyl sites for hydroxylation is 2. The second-order valence-corrected chi connectivity index (χ2v) is 7.66. The maximum Gasteiger partial charge on any atom is 0.163 e. The third-order valence-electron chi connectivity index (χ3n) is 4.67. The van der Waals surface area contributed by atoms with Crippen LogP contribution in [0.2, 0.25) is 5.02 Å². The minimum atomic E-state index is 0.385. The fourth-order valence-electron chi connectivity index (χ4n) is 2.82. The van der Waals surface area contributed by atoms with Gasteiger partial charge in [0.25, 0.3) is 0 Å². The third-order valence-corrected chi connectivity index (χ3v) is 4.87. The summed E-state index contributed by atoms with van der Waals surface area (Å²) >= 11 is 6.10. The van der Waals surface area contributed by atoms with Crippen LogP contribution in [-0.4, -0.2) is 21.2 Å². The number of halogens is 1. The number of nitrogens with zero attached hydrogens (tertiary/aromatic N) is 4. The van der Waals surface area contributed by atoms with Crippen LogP contribution < -0.4 is 5.32 Å². The molecule has 1 atom stereocenters. The summed E-state index contributed by atoms with van der Waals surface area (Å²) in [5.74, 6) is 1.66. The van der Waals surface area contributed by atoms with Crippen LogP contribution in [0.4, 0.5) is 11.5 Å². The summed E-state index contributed by atoms with van der Waals surface area (Å²) < 4.78 is 0. The fourth-order valence-corrected chi connectivity index (χ4v) is 3.00. The van der Waals surface area contributed by atoms with Crippen molar-refractivity contribution in [2.24, 2.45) is 10.9 Å². The Morgan fingerprint density at radius 2 is 2.00 bits per heavy atom. The van der Waals surface area contributed by atoms with Crippen molar-refractivity contribution >= 4 is 29.3 Å². The van der Waals surface area contributed by atoms with Gasteiger partial charge in [0.2, 0.25) is 0 Å². The first kappa shape index (κ1) is 20.9. The predicted molar refractivity (Wildman–Crippen MR) is 121 cm³/mol. The topological polar surface area (TPSA) is 63.1 Å². The van der Waals surface area contributed by atoms with Gasteiger partial charge in [0.15, 0.2) is 11.6 Å². The Morgan fingerprint density at radius 3 is 2.72 bits per heavy atom. The standard InChI is InChI=1S/C23H26ClN5/c1-5-15(2)11-26-21-17(4)28-22(19-10-20(24)14-25-13-19)29-23(21)27-12-18-8-6-7-16(3)9-18/h6-11,13-15H,5,12H2,1-4H3,(H,27,28,29)/b26-11-. The molecule has 3 rings (SSSR count). The molecule has 0 saturated carbocycles. The van der Waals surface area contributed by atoms with Crippen molar-refractivity contribution in [3.63, 3.8) is 0 Å². The SMILES string of the molecule is CCC(C)/C=N\c1c(C)nc(-c2cncc(Cl)c2)nc1NCc1cccc(C)c1. The average Bonchev–Trinajstić information content (AvgIpc) is 2.71. The average molecular weight is 408 g/mol. The van der Waals surface area contributed by atoms with Crippen molar-refractivity contribution in [2.75, 3.05) is 5.32 Å². The van der Waals surface area contributed by atoms with E-state index in [9.17, 15) is 0 Å². The van der Waals surface area contributed by atoms with E-state index in [1.807, 2.05) is 19.2 Å². The van der Waals surface area contributed by atoms with Gasteiger partial charge >= 0.3 is 0 Å². The first-order valence-corrected chi connectivity index (χ1v) is 10.2. The normalized spacial score (nSPS) is 12.3. The van der Waals surface area contributed by atoms with Crippen LogP contribution in [0.3, 0.4) is 0 Å². The van der Waals surface area contributed by atoms with Gasteiger partial charge in [-0.15, -0.1) is 0 Å². The van der Waals surface area contributed by atoms with Gasteiger partial charge in [0.05, 0.1) is 10.7 Å².